The molecule has 18 heavy (non-hydrogen) atoms. The summed E-state index contributed by atoms with van der Waals surface area (Å²) in [5, 5.41) is 11.1. The van der Waals surface area contributed by atoms with E-state index in [-0.39, 0.29) is 5.92 Å². The molecular formula is C15H22O3. The second-order valence-electron chi connectivity index (χ2n) is 5.61. The summed E-state index contributed by atoms with van der Waals surface area (Å²) in [4.78, 5) is 0. The summed E-state index contributed by atoms with van der Waals surface area (Å²) in [7, 11) is 1.68. The molecule has 0 spiro atoms. The molecule has 1 saturated heterocycles. The largest absolute Gasteiger partial charge is 0.497 e. The molecular weight excluding hydrogens is 228 g/mol. The Bertz CT molecular complexity index is 397. The Hall–Kier alpha value is -0.960. The highest BCUT2D eigenvalue weighted by molar-refractivity contribution is 5.34. The minimum atomic E-state index is -0.735. The maximum Gasteiger partial charge on any atom is 0.140 e. The van der Waals surface area contributed by atoms with Gasteiger partial charge < -0.3 is 14.6 Å². The van der Waals surface area contributed by atoms with Crippen LogP contribution in [0.4, 0.5) is 0 Å². The van der Waals surface area contributed by atoms with Gasteiger partial charge in [-0.05, 0) is 44.1 Å². The first kappa shape index (κ1) is 12.1. The first-order valence-corrected chi connectivity index (χ1v) is 7.07. The molecule has 1 N–H and O–H groups in total. The van der Waals surface area contributed by atoms with Crippen LogP contribution >= 0.6 is 0 Å². The zero-order chi connectivity index (χ0) is 12.6. The van der Waals surface area contributed by atoms with E-state index in [4.69, 9.17) is 9.47 Å². The number of aliphatic hydroxyl groups is 1. The number of fused-ring (bicyclic) bond motifs is 1. The Kier molecular flexibility index (Phi) is 3.10. The van der Waals surface area contributed by atoms with Gasteiger partial charge in [-0.25, -0.2) is 0 Å². The average molecular weight is 250 g/mol. The van der Waals surface area contributed by atoms with Crippen LogP contribution in [-0.4, -0.2) is 24.4 Å². The van der Waals surface area contributed by atoms with Crippen LogP contribution in [0.2, 0.25) is 0 Å². The third-order valence-corrected chi connectivity index (χ3v) is 4.59. The van der Waals surface area contributed by atoms with Crippen LogP contribution in [0, 0.1) is 5.92 Å². The second kappa shape index (κ2) is 4.61. The van der Waals surface area contributed by atoms with Gasteiger partial charge in [0.2, 0.25) is 0 Å². The van der Waals surface area contributed by atoms with Gasteiger partial charge in [-0.1, -0.05) is 6.08 Å². The van der Waals surface area contributed by atoms with Gasteiger partial charge in [0.1, 0.15) is 17.1 Å². The number of allylic oxidation sites excluding steroid dienone is 1. The molecule has 1 heterocycles. The molecule has 0 aromatic rings. The van der Waals surface area contributed by atoms with E-state index in [1.165, 1.54) is 18.4 Å². The molecule has 0 saturated carbocycles. The van der Waals surface area contributed by atoms with Gasteiger partial charge in [-0.3, -0.25) is 0 Å². The summed E-state index contributed by atoms with van der Waals surface area (Å²) in [5.41, 5.74) is 0.482. The molecule has 100 valence electrons. The van der Waals surface area contributed by atoms with Crippen LogP contribution in [0.15, 0.2) is 23.2 Å². The molecule has 2 atom stereocenters. The summed E-state index contributed by atoms with van der Waals surface area (Å²) < 4.78 is 11.2. The minimum absolute atomic E-state index is 0.116. The highest BCUT2D eigenvalue weighted by Crippen LogP contribution is 2.50. The summed E-state index contributed by atoms with van der Waals surface area (Å²) in [6.07, 6.45) is 9.44. The Morgan fingerprint density at radius 1 is 1.39 bits per heavy atom. The normalized spacial score (nSPS) is 35.9. The smallest absolute Gasteiger partial charge is 0.140 e. The van der Waals surface area contributed by atoms with Crippen molar-refractivity contribution in [3.63, 3.8) is 0 Å². The minimum Gasteiger partial charge on any atom is -0.497 e. The quantitative estimate of drug-likeness (QED) is 0.766. The van der Waals surface area contributed by atoms with E-state index in [2.05, 4.69) is 6.08 Å². The molecule has 0 aromatic carbocycles. The van der Waals surface area contributed by atoms with Gasteiger partial charge in [0, 0.05) is 6.42 Å². The number of methoxy groups -OCH3 is 1. The van der Waals surface area contributed by atoms with E-state index < -0.39 is 5.60 Å². The van der Waals surface area contributed by atoms with Crippen molar-refractivity contribution in [2.45, 2.75) is 50.5 Å². The molecule has 1 aliphatic heterocycles. The molecule has 0 aromatic heterocycles. The fourth-order valence-corrected chi connectivity index (χ4v) is 3.63. The van der Waals surface area contributed by atoms with E-state index in [0.29, 0.717) is 6.42 Å². The lowest BCUT2D eigenvalue weighted by Gasteiger charge is -2.37. The molecule has 1 fully saturated rings. The molecule has 3 heteroatoms. The SMILES string of the molecule is COC1=C2OCCC[C@H]2[C@@](O)(C2=CCCCC2)C1. The Balaban J connectivity index is 1.92. The van der Waals surface area contributed by atoms with E-state index in [1.54, 1.807) is 7.11 Å². The average Bonchev–Trinajstić information content (AvgIpc) is 2.75. The first-order valence-electron chi connectivity index (χ1n) is 7.07. The lowest BCUT2D eigenvalue weighted by atomic mass is 9.75. The standard InChI is InChI=1S/C15H22O3/c1-17-13-10-15(16,11-6-3-2-4-7-11)12-8-5-9-18-14(12)13/h6,12,16H,2-5,7-10H2,1H3/t12-,15+/m1/s1. The van der Waals surface area contributed by atoms with Crippen molar-refractivity contribution >= 4 is 0 Å². The zero-order valence-corrected chi connectivity index (χ0v) is 11.1. The molecule has 3 aliphatic rings. The summed E-state index contributed by atoms with van der Waals surface area (Å²) in [6, 6.07) is 0. The zero-order valence-electron chi connectivity index (χ0n) is 11.1. The first-order chi connectivity index (χ1) is 8.75. The lowest BCUT2D eigenvalue weighted by Crippen LogP contribution is -2.39. The fraction of sp³-hybridized carbons (Fsp3) is 0.733. The molecule has 0 unspecified atom stereocenters. The maximum atomic E-state index is 11.1. The molecule has 3 nitrogen and oxygen atoms in total. The van der Waals surface area contributed by atoms with E-state index >= 15 is 0 Å². The third-order valence-electron chi connectivity index (χ3n) is 4.59. The van der Waals surface area contributed by atoms with Gasteiger partial charge in [-0.2, -0.15) is 0 Å². The van der Waals surface area contributed by atoms with Crippen LogP contribution in [0.3, 0.4) is 0 Å². The van der Waals surface area contributed by atoms with Gasteiger partial charge >= 0.3 is 0 Å². The Labute approximate surface area is 108 Å². The maximum absolute atomic E-state index is 11.1. The van der Waals surface area contributed by atoms with Gasteiger partial charge in [-0.15, -0.1) is 0 Å². The van der Waals surface area contributed by atoms with Crippen molar-refractivity contribution in [1.82, 2.24) is 0 Å². The van der Waals surface area contributed by atoms with Gasteiger partial charge in [0.05, 0.1) is 19.6 Å². The molecule has 0 radical (unpaired) electrons. The van der Waals surface area contributed by atoms with E-state index in [9.17, 15) is 5.11 Å². The van der Waals surface area contributed by atoms with E-state index in [1.807, 2.05) is 0 Å². The Morgan fingerprint density at radius 3 is 3.00 bits per heavy atom. The fourth-order valence-electron chi connectivity index (χ4n) is 3.63. The predicted octanol–water partition coefficient (Wildman–Crippen LogP) is 2.91. The van der Waals surface area contributed by atoms with Crippen molar-refractivity contribution < 1.29 is 14.6 Å². The lowest BCUT2D eigenvalue weighted by molar-refractivity contribution is -0.00331. The van der Waals surface area contributed by atoms with Crippen LogP contribution in [0.5, 0.6) is 0 Å². The number of ether oxygens (including phenoxy) is 2. The number of hydrogen-bond donors (Lipinski definition) is 1. The van der Waals surface area contributed by atoms with Crippen LogP contribution in [0.1, 0.15) is 44.9 Å². The monoisotopic (exact) mass is 250 g/mol. The molecule has 0 bridgehead atoms. The number of rotatable bonds is 2. The van der Waals surface area contributed by atoms with Gasteiger partial charge in [0.25, 0.3) is 0 Å². The van der Waals surface area contributed by atoms with E-state index in [0.717, 1.165) is 43.8 Å². The van der Waals surface area contributed by atoms with Gasteiger partial charge in [0.15, 0.2) is 0 Å². The third kappa shape index (κ3) is 1.76. The number of hydrogen-bond acceptors (Lipinski definition) is 3. The summed E-state index contributed by atoms with van der Waals surface area (Å²) in [6.45, 7) is 0.758. The molecule has 2 aliphatic carbocycles. The van der Waals surface area contributed by atoms with Crippen molar-refractivity contribution in [3.05, 3.63) is 23.2 Å². The van der Waals surface area contributed by atoms with Crippen molar-refractivity contribution in [2.75, 3.05) is 13.7 Å². The van der Waals surface area contributed by atoms with Crippen LogP contribution in [-0.2, 0) is 9.47 Å². The van der Waals surface area contributed by atoms with Crippen molar-refractivity contribution in [2.24, 2.45) is 5.92 Å². The van der Waals surface area contributed by atoms with Crippen LogP contribution < -0.4 is 0 Å². The molecule has 0 amide bonds. The summed E-state index contributed by atoms with van der Waals surface area (Å²) in [5.74, 6) is 1.89. The highest BCUT2D eigenvalue weighted by atomic mass is 16.5. The Morgan fingerprint density at radius 2 is 2.28 bits per heavy atom. The topological polar surface area (TPSA) is 38.7 Å². The highest BCUT2D eigenvalue weighted by Gasteiger charge is 2.51. The van der Waals surface area contributed by atoms with Crippen molar-refractivity contribution in [1.29, 1.82) is 0 Å². The summed E-state index contributed by atoms with van der Waals surface area (Å²) >= 11 is 0. The second-order valence-corrected chi connectivity index (χ2v) is 5.61. The van der Waals surface area contributed by atoms with Crippen molar-refractivity contribution in [3.8, 4) is 0 Å². The molecule has 3 rings (SSSR count). The van der Waals surface area contributed by atoms with Crippen LogP contribution in [0.25, 0.3) is 0 Å². The predicted molar refractivity (Wildman–Crippen MR) is 68.8 cm³/mol.